The van der Waals surface area contributed by atoms with Crippen LogP contribution in [0.15, 0.2) is 18.2 Å². The van der Waals surface area contributed by atoms with Crippen molar-refractivity contribution in [2.45, 2.75) is 45.5 Å². The third-order valence-electron chi connectivity index (χ3n) is 3.98. The van der Waals surface area contributed by atoms with Crippen molar-refractivity contribution in [3.05, 3.63) is 29.8 Å². The molecule has 0 radical (unpaired) electrons. The van der Waals surface area contributed by atoms with Gasteiger partial charge in [-0.25, -0.2) is 9.37 Å². The fraction of sp³-hybridized carbons (Fsp3) is 0.533. The second-order valence-electron chi connectivity index (χ2n) is 4.98. The molecule has 0 saturated carbocycles. The Bertz CT molecular complexity index is 561. The third-order valence-corrected chi connectivity index (χ3v) is 4.22. The van der Waals surface area contributed by atoms with Gasteiger partial charge in [0.1, 0.15) is 11.6 Å². The minimum atomic E-state index is -0.230. The Balaban J connectivity index is 2.59. The van der Waals surface area contributed by atoms with Crippen LogP contribution in [0.1, 0.15) is 45.5 Å². The molecule has 0 aliphatic carbocycles. The Kier molecular flexibility index (Phi) is 4.46. The molecule has 1 unspecified atom stereocenters. The van der Waals surface area contributed by atoms with Crippen LogP contribution in [0.4, 0.5) is 4.39 Å². The average molecular weight is 283 g/mol. The van der Waals surface area contributed by atoms with Gasteiger partial charge in [0.2, 0.25) is 0 Å². The van der Waals surface area contributed by atoms with Crippen LogP contribution < -0.4 is 0 Å². The van der Waals surface area contributed by atoms with E-state index in [0.29, 0.717) is 11.8 Å². The lowest BCUT2D eigenvalue weighted by molar-refractivity contribution is 0.334. The molecule has 0 N–H and O–H groups in total. The number of rotatable bonds is 5. The summed E-state index contributed by atoms with van der Waals surface area (Å²) in [5.41, 5.74) is 1.66. The topological polar surface area (TPSA) is 17.8 Å². The van der Waals surface area contributed by atoms with Gasteiger partial charge in [-0.05, 0) is 31.0 Å². The van der Waals surface area contributed by atoms with E-state index in [1.165, 1.54) is 6.07 Å². The largest absolute Gasteiger partial charge is 0.324 e. The molecule has 0 spiro atoms. The number of hydrogen-bond donors (Lipinski definition) is 0. The molecule has 19 heavy (non-hydrogen) atoms. The number of aromatic nitrogens is 2. The van der Waals surface area contributed by atoms with Crippen LogP contribution in [0.5, 0.6) is 0 Å². The van der Waals surface area contributed by atoms with E-state index in [9.17, 15) is 4.39 Å². The molecule has 1 aromatic heterocycles. The van der Waals surface area contributed by atoms with Gasteiger partial charge in [-0.3, -0.25) is 0 Å². The second kappa shape index (κ2) is 5.91. The monoisotopic (exact) mass is 282 g/mol. The van der Waals surface area contributed by atoms with Gasteiger partial charge in [0, 0.05) is 6.04 Å². The zero-order chi connectivity index (χ0) is 14.0. The van der Waals surface area contributed by atoms with E-state index in [1.54, 1.807) is 12.1 Å². The van der Waals surface area contributed by atoms with Crippen molar-refractivity contribution in [3.63, 3.8) is 0 Å². The lowest BCUT2D eigenvalue weighted by Crippen LogP contribution is -2.17. The molecule has 1 atom stereocenters. The van der Waals surface area contributed by atoms with E-state index >= 15 is 0 Å². The van der Waals surface area contributed by atoms with Crippen molar-refractivity contribution in [2.24, 2.45) is 5.92 Å². The lowest BCUT2D eigenvalue weighted by atomic mass is 9.95. The molecule has 0 bridgehead atoms. The maximum absolute atomic E-state index is 13.5. The molecule has 0 fully saturated rings. The first-order valence-corrected chi connectivity index (χ1v) is 7.38. The fourth-order valence-electron chi connectivity index (χ4n) is 2.85. The maximum Gasteiger partial charge on any atom is 0.125 e. The molecule has 0 amide bonds. The van der Waals surface area contributed by atoms with Crippen LogP contribution >= 0.6 is 11.6 Å². The van der Waals surface area contributed by atoms with Gasteiger partial charge in [0.05, 0.1) is 16.9 Å². The zero-order valence-corrected chi connectivity index (χ0v) is 12.4. The highest BCUT2D eigenvalue weighted by atomic mass is 35.5. The highest BCUT2D eigenvalue weighted by Crippen LogP contribution is 2.30. The number of halogens is 2. The predicted molar refractivity (Wildman–Crippen MR) is 78.0 cm³/mol. The molecule has 0 aliphatic heterocycles. The van der Waals surface area contributed by atoms with Gasteiger partial charge < -0.3 is 4.57 Å². The summed E-state index contributed by atoms with van der Waals surface area (Å²) in [5.74, 6) is 1.48. The Labute approximate surface area is 118 Å². The summed E-state index contributed by atoms with van der Waals surface area (Å²) in [5, 5.41) is 0. The molecule has 0 saturated heterocycles. The number of alkyl halides is 1. The Morgan fingerprint density at radius 2 is 2.00 bits per heavy atom. The van der Waals surface area contributed by atoms with Crippen LogP contribution in [-0.2, 0) is 5.88 Å². The third kappa shape index (κ3) is 2.62. The number of hydrogen-bond acceptors (Lipinski definition) is 1. The van der Waals surface area contributed by atoms with E-state index in [4.69, 9.17) is 11.6 Å². The summed E-state index contributed by atoms with van der Waals surface area (Å²) in [6.45, 7) is 6.54. The van der Waals surface area contributed by atoms with Crippen molar-refractivity contribution in [2.75, 3.05) is 0 Å². The van der Waals surface area contributed by atoms with E-state index < -0.39 is 0 Å². The molecule has 4 heteroatoms. The Morgan fingerprint density at radius 1 is 1.32 bits per heavy atom. The molecule has 1 aromatic carbocycles. The first-order chi connectivity index (χ1) is 9.12. The van der Waals surface area contributed by atoms with E-state index in [1.807, 2.05) is 0 Å². The van der Waals surface area contributed by atoms with Crippen molar-refractivity contribution in [1.29, 1.82) is 0 Å². The van der Waals surface area contributed by atoms with Gasteiger partial charge >= 0.3 is 0 Å². The van der Waals surface area contributed by atoms with Crippen LogP contribution in [0, 0.1) is 11.7 Å². The predicted octanol–water partition coefficient (Wildman–Crippen LogP) is 4.91. The average Bonchev–Trinajstić information content (AvgIpc) is 2.77. The molecule has 1 heterocycles. The summed E-state index contributed by atoms with van der Waals surface area (Å²) in [6, 6.07) is 4.99. The minimum absolute atomic E-state index is 0.230. The molecule has 104 valence electrons. The highest BCUT2D eigenvalue weighted by Gasteiger charge is 2.21. The number of benzene rings is 1. The van der Waals surface area contributed by atoms with Crippen molar-refractivity contribution < 1.29 is 4.39 Å². The van der Waals surface area contributed by atoms with E-state index in [-0.39, 0.29) is 11.9 Å². The minimum Gasteiger partial charge on any atom is -0.324 e. The highest BCUT2D eigenvalue weighted by molar-refractivity contribution is 6.16. The summed E-state index contributed by atoms with van der Waals surface area (Å²) in [6.07, 6.45) is 2.18. The van der Waals surface area contributed by atoms with E-state index in [0.717, 1.165) is 29.7 Å². The van der Waals surface area contributed by atoms with Crippen molar-refractivity contribution >= 4 is 22.6 Å². The van der Waals surface area contributed by atoms with Crippen molar-refractivity contribution in [1.82, 2.24) is 9.55 Å². The number of fused-ring (bicyclic) bond motifs is 1. The van der Waals surface area contributed by atoms with Gasteiger partial charge in [0.15, 0.2) is 0 Å². The van der Waals surface area contributed by atoms with E-state index in [2.05, 4.69) is 30.3 Å². The summed E-state index contributed by atoms with van der Waals surface area (Å²) < 4.78 is 15.6. The normalized spacial score (nSPS) is 13.4. The molecule has 2 rings (SSSR count). The Hall–Kier alpha value is -1.09. The quantitative estimate of drug-likeness (QED) is 0.712. The Morgan fingerprint density at radius 3 is 2.58 bits per heavy atom. The smallest absolute Gasteiger partial charge is 0.125 e. The number of imidazole rings is 1. The van der Waals surface area contributed by atoms with Crippen molar-refractivity contribution in [3.8, 4) is 0 Å². The molecular formula is C15H20ClFN2. The van der Waals surface area contributed by atoms with Crippen LogP contribution in [0.2, 0.25) is 0 Å². The molecule has 2 nitrogen and oxygen atoms in total. The first-order valence-electron chi connectivity index (χ1n) is 6.84. The van der Waals surface area contributed by atoms with Crippen LogP contribution in [0.3, 0.4) is 0 Å². The van der Waals surface area contributed by atoms with Crippen LogP contribution in [-0.4, -0.2) is 9.55 Å². The van der Waals surface area contributed by atoms with Gasteiger partial charge in [-0.15, -0.1) is 11.6 Å². The molecule has 2 aromatic rings. The summed E-state index contributed by atoms with van der Waals surface area (Å²) in [4.78, 5) is 4.51. The van der Waals surface area contributed by atoms with Gasteiger partial charge in [-0.2, -0.15) is 0 Å². The molecular weight excluding hydrogens is 263 g/mol. The van der Waals surface area contributed by atoms with Crippen LogP contribution in [0.25, 0.3) is 11.0 Å². The standard InChI is InChI=1S/C15H20ClFN2/c1-4-11(5-2)10(3)19-14-8-12(17)6-7-13(14)18-15(19)9-16/h6-8,10-11H,4-5,9H2,1-3H3. The summed E-state index contributed by atoms with van der Waals surface area (Å²) >= 11 is 6.00. The fourth-order valence-corrected chi connectivity index (χ4v) is 3.03. The first kappa shape index (κ1) is 14.3. The molecule has 0 aliphatic rings. The van der Waals surface area contributed by atoms with Gasteiger partial charge in [-0.1, -0.05) is 26.7 Å². The SMILES string of the molecule is CCC(CC)C(C)n1c(CCl)nc2ccc(F)cc21. The summed E-state index contributed by atoms with van der Waals surface area (Å²) in [7, 11) is 0. The van der Waals surface area contributed by atoms with Gasteiger partial charge in [0.25, 0.3) is 0 Å². The lowest BCUT2D eigenvalue weighted by Gasteiger charge is -2.25. The zero-order valence-electron chi connectivity index (χ0n) is 11.7. The maximum atomic E-state index is 13.5. The number of nitrogens with zero attached hydrogens (tertiary/aromatic N) is 2. The second-order valence-corrected chi connectivity index (χ2v) is 5.25.